The summed E-state index contributed by atoms with van der Waals surface area (Å²) in [6, 6.07) is 4.24. The monoisotopic (exact) mass is 233 g/mol. The Hall–Kier alpha value is -1.26. The van der Waals surface area contributed by atoms with Crippen LogP contribution in [0.15, 0.2) is 24.5 Å². The van der Waals surface area contributed by atoms with Gasteiger partial charge in [0.15, 0.2) is 0 Å². The molecule has 0 aliphatic carbocycles. The number of rotatable bonds is 3. The zero-order valence-corrected chi connectivity index (χ0v) is 10.5. The molecule has 84 valence electrons. The Bertz CT molecular complexity index is 464. The van der Waals surface area contributed by atoms with Gasteiger partial charge in [-0.25, -0.2) is 4.98 Å². The first-order valence-electron chi connectivity index (χ1n) is 5.23. The van der Waals surface area contributed by atoms with E-state index in [1.54, 1.807) is 17.5 Å². The summed E-state index contributed by atoms with van der Waals surface area (Å²) in [6.45, 7) is 4.09. The second-order valence-corrected chi connectivity index (χ2v) is 4.93. The van der Waals surface area contributed by atoms with Gasteiger partial charge in [0.25, 0.3) is 0 Å². The topological polar surface area (TPSA) is 37.8 Å². The molecule has 0 aliphatic heterocycles. The molecule has 1 unspecified atom stereocenters. The zero-order valence-electron chi connectivity index (χ0n) is 9.69. The number of aromatic nitrogens is 2. The van der Waals surface area contributed by atoms with E-state index in [2.05, 4.69) is 28.3 Å². The minimum Gasteiger partial charge on any atom is -0.309 e. The molecule has 2 heterocycles. The number of thiazole rings is 1. The van der Waals surface area contributed by atoms with Crippen LogP contribution in [0.3, 0.4) is 0 Å². The van der Waals surface area contributed by atoms with Crippen molar-refractivity contribution in [3.8, 4) is 0 Å². The highest BCUT2D eigenvalue weighted by Gasteiger charge is 2.17. The lowest BCUT2D eigenvalue weighted by Crippen LogP contribution is -2.17. The van der Waals surface area contributed by atoms with E-state index in [1.807, 2.05) is 26.2 Å². The number of hydrogen-bond acceptors (Lipinski definition) is 4. The smallest absolute Gasteiger partial charge is 0.0900 e. The molecule has 0 saturated carbocycles. The number of nitrogens with one attached hydrogen (secondary N) is 1. The number of hydrogen-bond donors (Lipinski definition) is 1. The normalized spacial score (nSPS) is 12.7. The van der Waals surface area contributed by atoms with E-state index in [-0.39, 0.29) is 6.04 Å². The summed E-state index contributed by atoms with van der Waals surface area (Å²) in [5, 5.41) is 4.43. The quantitative estimate of drug-likeness (QED) is 0.885. The zero-order chi connectivity index (χ0) is 11.5. The summed E-state index contributed by atoms with van der Waals surface area (Å²) < 4.78 is 0. The van der Waals surface area contributed by atoms with Gasteiger partial charge in [0.05, 0.1) is 16.7 Å². The summed E-state index contributed by atoms with van der Waals surface area (Å²) in [6.07, 6.45) is 3.69. The highest BCUT2D eigenvalue weighted by atomic mass is 32.1. The Morgan fingerprint density at radius 2 is 2.19 bits per heavy atom. The molecular weight excluding hydrogens is 218 g/mol. The lowest BCUT2D eigenvalue weighted by molar-refractivity contribution is 0.694. The molecule has 0 bridgehead atoms. The second kappa shape index (κ2) is 4.72. The SMILES string of the molecule is CNC(c1cccnc1)c1sc(C)nc1C. The van der Waals surface area contributed by atoms with Gasteiger partial charge in [-0.15, -0.1) is 11.3 Å². The van der Waals surface area contributed by atoms with Gasteiger partial charge >= 0.3 is 0 Å². The molecule has 3 nitrogen and oxygen atoms in total. The summed E-state index contributed by atoms with van der Waals surface area (Å²) in [5.41, 5.74) is 2.28. The van der Waals surface area contributed by atoms with Crippen LogP contribution in [0, 0.1) is 13.8 Å². The molecule has 0 amide bonds. The maximum atomic E-state index is 4.46. The van der Waals surface area contributed by atoms with Crippen molar-refractivity contribution in [2.24, 2.45) is 0 Å². The van der Waals surface area contributed by atoms with Gasteiger partial charge in [-0.2, -0.15) is 0 Å². The Kier molecular flexibility index (Phi) is 3.31. The molecular formula is C12H15N3S. The van der Waals surface area contributed by atoms with Crippen molar-refractivity contribution in [1.29, 1.82) is 0 Å². The van der Waals surface area contributed by atoms with Crippen molar-refractivity contribution in [2.45, 2.75) is 19.9 Å². The Balaban J connectivity index is 2.40. The van der Waals surface area contributed by atoms with E-state index in [0.717, 1.165) is 10.7 Å². The molecule has 2 rings (SSSR count). The largest absolute Gasteiger partial charge is 0.309 e. The molecule has 0 fully saturated rings. The van der Waals surface area contributed by atoms with E-state index in [1.165, 1.54) is 10.4 Å². The fourth-order valence-corrected chi connectivity index (χ4v) is 2.88. The van der Waals surface area contributed by atoms with Gasteiger partial charge in [-0.05, 0) is 32.5 Å². The van der Waals surface area contributed by atoms with E-state index in [0.29, 0.717) is 0 Å². The predicted molar refractivity (Wildman–Crippen MR) is 66.7 cm³/mol. The lowest BCUT2D eigenvalue weighted by atomic mass is 10.1. The third-order valence-corrected chi connectivity index (χ3v) is 3.65. The first kappa shape index (κ1) is 11.2. The van der Waals surface area contributed by atoms with E-state index < -0.39 is 0 Å². The van der Waals surface area contributed by atoms with Gasteiger partial charge in [-0.3, -0.25) is 4.98 Å². The van der Waals surface area contributed by atoms with Crippen LogP contribution in [0.2, 0.25) is 0 Å². The summed E-state index contributed by atoms with van der Waals surface area (Å²) >= 11 is 1.74. The third-order valence-electron chi connectivity index (χ3n) is 2.51. The van der Waals surface area contributed by atoms with Crippen LogP contribution in [0.5, 0.6) is 0 Å². The van der Waals surface area contributed by atoms with Gasteiger partial charge in [-0.1, -0.05) is 6.07 Å². The van der Waals surface area contributed by atoms with Crippen molar-refractivity contribution in [3.63, 3.8) is 0 Å². The molecule has 1 N–H and O–H groups in total. The Labute approximate surface area is 99.6 Å². The van der Waals surface area contributed by atoms with Crippen LogP contribution < -0.4 is 5.32 Å². The van der Waals surface area contributed by atoms with Gasteiger partial charge in [0.1, 0.15) is 0 Å². The Morgan fingerprint density at radius 1 is 1.38 bits per heavy atom. The summed E-state index contributed by atoms with van der Waals surface area (Å²) in [4.78, 5) is 9.89. The van der Waals surface area contributed by atoms with Gasteiger partial charge < -0.3 is 5.32 Å². The maximum absolute atomic E-state index is 4.46. The van der Waals surface area contributed by atoms with Crippen LogP contribution >= 0.6 is 11.3 Å². The number of nitrogens with zero attached hydrogens (tertiary/aromatic N) is 2. The fourth-order valence-electron chi connectivity index (χ4n) is 1.81. The fraction of sp³-hybridized carbons (Fsp3) is 0.333. The van der Waals surface area contributed by atoms with E-state index in [9.17, 15) is 0 Å². The van der Waals surface area contributed by atoms with E-state index in [4.69, 9.17) is 0 Å². The average Bonchev–Trinajstić information content (AvgIpc) is 2.61. The van der Waals surface area contributed by atoms with Crippen LogP contribution in [0.1, 0.15) is 27.2 Å². The van der Waals surface area contributed by atoms with Gasteiger partial charge in [0, 0.05) is 17.3 Å². The third kappa shape index (κ3) is 2.13. The summed E-state index contributed by atoms with van der Waals surface area (Å²) in [7, 11) is 1.96. The standard InChI is InChI=1S/C12H15N3S/c1-8-12(16-9(2)15-8)11(13-3)10-5-4-6-14-7-10/h4-7,11,13H,1-3H3. The molecule has 0 saturated heterocycles. The van der Waals surface area contributed by atoms with Crippen molar-refractivity contribution in [3.05, 3.63) is 45.7 Å². The first-order chi connectivity index (χ1) is 7.72. The number of pyridine rings is 1. The van der Waals surface area contributed by atoms with Crippen LogP contribution in [-0.2, 0) is 0 Å². The highest BCUT2D eigenvalue weighted by molar-refractivity contribution is 7.11. The molecule has 2 aromatic heterocycles. The summed E-state index contributed by atoms with van der Waals surface area (Å²) in [5.74, 6) is 0. The Morgan fingerprint density at radius 3 is 2.69 bits per heavy atom. The van der Waals surface area contributed by atoms with Gasteiger partial charge in [0.2, 0.25) is 0 Å². The molecule has 2 aromatic rings. The van der Waals surface area contributed by atoms with Crippen LogP contribution in [-0.4, -0.2) is 17.0 Å². The highest BCUT2D eigenvalue weighted by Crippen LogP contribution is 2.29. The maximum Gasteiger partial charge on any atom is 0.0900 e. The minimum absolute atomic E-state index is 0.194. The van der Waals surface area contributed by atoms with Crippen molar-refractivity contribution >= 4 is 11.3 Å². The predicted octanol–water partition coefficient (Wildman–Crippen LogP) is 2.46. The van der Waals surface area contributed by atoms with Crippen molar-refractivity contribution in [1.82, 2.24) is 15.3 Å². The minimum atomic E-state index is 0.194. The van der Waals surface area contributed by atoms with Crippen molar-refractivity contribution < 1.29 is 0 Å². The second-order valence-electron chi connectivity index (χ2n) is 3.69. The molecule has 16 heavy (non-hydrogen) atoms. The van der Waals surface area contributed by atoms with E-state index >= 15 is 0 Å². The molecule has 0 spiro atoms. The molecule has 0 aliphatic rings. The average molecular weight is 233 g/mol. The van der Waals surface area contributed by atoms with Crippen LogP contribution in [0.25, 0.3) is 0 Å². The molecule has 4 heteroatoms. The van der Waals surface area contributed by atoms with Crippen LogP contribution in [0.4, 0.5) is 0 Å². The number of aryl methyl sites for hydroxylation is 2. The lowest BCUT2D eigenvalue weighted by Gasteiger charge is -2.14. The molecule has 0 aromatic carbocycles. The first-order valence-corrected chi connectivity index (χ1v) is 6.05. The van der Waals surface area contributed by atoms with Crippen molar-refractivity contribution in [2.75, 3.05) is 7.05 Å². The molecule has 1 atom stereocenters. The molecule has 0 radical (unpaired) electrons.